The fourth-order valence-electron chi connectivity index (χ4n) is 1.39. The van der Waals surface area contributed by atoms with Crippen molar-refractivity contribution in [1.29, 1.82) is 0 Å². The fraction of sp³-hybridized carbons (Fsp3) is 0.500. The summed E-state index contributed by atoms with van der Waals surface area (Å²) >= 11 is 0. The Morgan fingerprint density at radius 2 is 2.32 bits per heavy atom. The molecule has 1 rings (SSSR count). The number of imidazole rings is 1. The maximum atomic E-state index is 11.6. The molecule has 7 nitrogen and oxygen atoms in total. The molecule has 0 saturated heterocycles. The summed E-state index contributed by atoms with van der Waals surface area (Å²) in [7, 11) is -3.45. The summed E-state index contributed by atoms with van der Waals surface area (Å²) in [4.78, 5) is 36.1. The third-order valence-corrected chi connectivity index (χ3v) is 2.87. The van der Waals surface area contributed by atoms with Gasteiger partial charge < -0.3 is 25.0 Å². The van der Waals surface area contributed by atoms with Gasteiger partial charge >= 0.3 is 0 Å². The molecule has 105 valence electrons. The van der Waals surface area contributed by atoms with Gasteiger partial charge in [-0.25, -0.2) is 4.98 Å². The van der Waals surface area contributed by atoms with Gasteiger partial charge in [0.05, 0.1) is 19.0 Å². The number of H-pyrrole nitrogens is 1. The first-order valence-electron chi connectivity index (χ1n) is 5.47. The van der Waals surface area contributed by atoms with Gasteiger partial charge in [-0.15, -0.1) is 0 Å². The molecule has 0 aliphatic rings. The van der Waals surface area contributed by atoms with Gasteiger partial charge in [0.1, 0.15) is 5.78 Å². The van der Waals surface area contributed by atoms with E-state index < -0.39 is 13.6 Å². The monoisotopic (exact) mass is 364 g/mol. The first-order valence-corrected chi connectivity index (χ1v) is 7.27. The zero-order valence-corrected chi connectivity index (χ0v) is 14.3. The minimum atomic E-state index is -3.45. The average molecular weight is 364 g/mol. The van der Waals surface area contributed by atoms with E-state index in [0.29, 0.717) is 12.8 Å². The topological polar surface area (TPSA) is 121 Å². The molecule has 1 aromatic rings. The minimum Gasteiger partial charge on any atom is -0.348 e. The molecule has 1 unspecified atom stereocenters. The van der Waals surface area contributed by atoms with Crippen molar-refractivity contribution in [2.75, 3.05) is 6.61 Å². The van der Waals surface area contributed by atoms with Crippen LogP contribution < -0.4 is 5.73 Å². The standard InChI is InChI=1S/C10H18N3O4P.Y/c1-18(15,16)17-4-2-3-10(14)9(11)5-8-6-12-7-13-8;/h6-7,9,15-16H,1-5,11H2,(H,12,13);. The summed E-state index contributed by atoms with van der Waals surface area (Å²) in [5.74, 6) is -0.0999. The number of nitrogens with zero attached hydrogens (tertiary/aromatic N) is 1. The van der Waals surface area contributed by atoms with Gasteiger partial charge in [-0.2, -0.15) is 0 Å². The van der Waals surface area contributed by atoms with Crippen LogP contribution in [-0.4, -0.2) is 44.5 Å². The van der Waals surface area contributed by atoms with Gasteiger partial charge in [-0.1, -0.05) is 0 Å². The number of Topliss-reactive ketones (excluding diaryl/α,β-unsaturated/α-hetero) is 1. The predicted octanol–water partition coefficient (Wildman–Crippen LogP) is -0.178. The number of nitrogens with two attached hydrogens (primary N) is 1. The Kier molecular flexibility index (Phi) is 9.19. The molecule has 5 N–H and O–H groups in total. The maximum Gasteiger partial charge on any atom is 0.245 e. The van der Waals surface area contributed by atoms with E-state index in [0.717, 1.165) is 5.69 Å². The summed E-state index contributed by atoms with van der Waals surface area (Å²) in [6.07, 6.45) is 7.22. The van der Waals surface area contributed by atoms with Gasteiger partial charge in [0, 0.05) is 57.4 Å². The van der Waals surface area contributed by atoms with Gasteiger partial charge in [0.2, 0.25) is 7.57 Å². The molecule has 1 heterocycles. The third-order valence-electron chi connectivity index (χ3n) is 2.27. The Labute approximate surface area is 137 Å². The van der Waals surface area contributed by atoms with Crippen molar-refractivity contribution in [2.24, 2.45) is 5.73 Å². The van der Waals surface area contributed by atoms with Crippen LogP contribution in [0.25, 0.3) is 0 Å². The zero-order chi connectivity index (χ0) is 13.6. The molecule has 19 heavy (non-hydrogen) atoms. The van der Waals surface area contributed by atoms with Crippen molar-refractivity contribution in [1.82, 2.24) is 9.97 Å². The molecule has 9 heteroatoms. The van der Waals surface area contributed by atoms with E-state index in [4.69, 9.17) is 15.5 Å². The normalized spacial score (nSPS) is 12.8. The number of nitrogens with one attached hydrogen (secondary N) is 1. The smallest absolute Gasteiger partial charge is 0.245 e. The van der Waals surface area contributed by atoms with Gasteiger partial charge in [0.25, 0.3) is 0 Å². The fourth-order valence-corrected chi connectivity index (χ4v) is 1.81. The minimum absolute atomic E-state index is 0. The molecule has 0 saturated carbocycles. The molecular weight excluding hydrogens is 346 g/mol. The quantitative estimate of drug-likeness (QED) is 0.375. The second-order valence-electron chi connectivity index (χ2n) is 3.96. The molecule has 0 aromatic carbocycles. The molecular formula is C10H18N3O4PY. The first kappa shape index (κ1) is 19.1. The molecule has 0 amide bonds. The largest absolute Gasteiger partial charge is 0.348 e. The molecule has 0 aliphatic carbocycles. The van der Waals surface area contributed by atoms with Gasteiger partial charge in [-0.3, -0.25) is 4.79 Å². The molecule has 1 radical (unpaired) electrons. The van der Waals surface area contributed by atoms with Crippen molar-refractivity contribution in [3.63, 3.8) is 0 Å². The number of aromatic nitrogens is 2. The van der Waals surface area contributed by atoms with Crippen molar-refractivity contribution < 1.29 is 51.8 Å². The van der Waals surface area contributed by atoms with E-state index in [1.807, 2.05) is 0 Å². The van der Waals surface area contributed by atoms with Crippen LogP contribution in [0.5, 0.6) is 0 Å². The SMILES string of the molecule is C=P(O)(O)OCCCC(=O)C(N)Cc1cnc[nH]1.[Y]. The third kappa shape index (κ3) is 8.81. The first-order chi connectivity index (χ1) is 8.38. The summed E-state index contributed by atoms with van der Waals surface area (Å²) in [5.41, 5.74) is 6.54. The molecule has 1 atom stereocenters. The van der Waals surface area contributed by atoms with Crippen LogP contribution in [0.15, 0.2) is 12.5 Å². The van der Waals surface area contributed by atoms with E-state index in [1.165, 1.54) is 6.33 Å². The van der Waals surface area contributed by atoms with Crippen molar-refractivity contribution in [3.8, 4) is 0 Å². The second-order valence-corrected chi connectivity index (χ2v) is 5.54. The van der Waals surface area contributed by atoms with Crippen molar-refractivity contribution in [2.45, 2.75) is 25.3 Å². The number of hydrogen-bond acceptors (Lipinski definition) is 6. The van der Waals surface area contributed by atoms with E-state index in [2.05, 4.69) is 20.8 Å². The van der Waals surface area contributed by atoms with Crippen LogP contribution in [-0.2, 0) is 48.4 Å². The Hall–Kier alpha value is 0.124. The van der Waals surface area contributed by atoms with Gasteiger partial charge in [0.15, 0.2) is 0 Å². The predicted molar refractivity (Wildman–Crippen MR) is 68.9 cm³/mol. The molecule has 1 aromatic heterocycles. The van der Waals surface area contributed by atoms with Crippen LogP contribution in [0.1, 0.15) is 18.5 Å². The number of rotatable bonds is 8. The molecule has 0 aliphatic heterocycles. The Balaban J connectivity index is 0.00000324. The van der Waals surface area contributed by atoms with E-state index >= 15 is 0 Å². The van der Waals surface area contributed by atoms with Crippen LogP contribution in [0.2, 0.25) is 0 Å². The molecule has 0 fully saturated rings. The van der Waals surface area contributed by atoms with Crippen LogP contribution in [0, 0.1) is 0 Å². The Morgan fingerprint density at radius 3 is 2.84 bits per heavy atom. The number of ketones is 1. The summed E-state index contributed by atoms with van der Waals surface area (Å²) < 4.78 is 4.67. The van der Waals surface area contributed by atoms with Crippen LogP contribution in [0.4, 0.5) is 0 Å². The average Bonchev–Trinajstić information content (AvgIpc) is 2.75. The summed E-state index contributed by atoms with van der Waals surface area (Å²) in [6, 6.07) is -0.590. The van der Waals surface area contributed by atoms with Gasteiger partial charge in [-0.05, 0) is 12.7 Å². The van der Waals surface area contributed by atoms with Crippen LogP contribution >= 0.6 is 7.57 Å². The van der Waals surface area contributed by atoms with E-state index in [-0.39, 0.29) is 51.5 Å². The summed E-state index contributed by atoms with van der Waals surface area (Å²) in [5, 5.41) is 0. The van der Waals surface area contributed by atoms with Crippen molar-refractivity contribution in [3.05, 3.63) is 18.2 Å². The number of carbonyl (C=O) groups excluding carboxylic acids is 1. The second kappa shape index (κ2) is 9.13. The Morgan fingerprint density at radius 1 is 1.63 bits per heavy atom. The van der Waals surface area contributed by atoms with E-state index in [1.54, 1.807) is 6.20 Å². The van der Waals surface area contributed by atoms with Crippen molar-refractivity contribution >= 4 is 19.6 Å². The zero-order valence-electron chi connectivity index (χ0n) is 10.5. The maximum absolute atomic E-state index is 11.6. The molecule has 0 spiro atoms. The summed E-state index contributed by atoms with van der Waals surface area (Å²) in [6.45, 7) is 0.0762. The Bertz CT molecular complexity index is 420. The number of aromatic amines is 1. The number of carbonyl (C=O) groups is 1. The van der Waals surface area contributed by atoms with E-state index in [9.17, 15) is 4.79 Å². The van der Waals surface area contributed by atoms with Crippen LogP contribution in [0.3, 0.4) is 0 Å². The number of hydrogen-bond donors (Lipinski definition) is 4. The molecule has 0 bridgehead atoms.